The van der Waals surface area contributed by atoms with Gasteiger partial charge in [0.15, 0.2) is 0 Å². The SMILES string of the molecule is COc1ccc2c(c1)N[C]=C(C=Cc1cccs1)N2. The van der Waals surface area contributed by atoms with Crippen molar-refractivity contribution in [1.29, 1.82) is 0 Å². The van der Waals surface area contributed by atoms with Gasteiger partial charge in [-0.3, -0.25) is 0 Å². The molecule has 1 radical (unpaired) electrons. The lowest BCUT2D eigenvalue weighted by Gasteiger charge is -2.18. The van der Waals surface area contributed by atoms with Crippen LogP contribution in [0.15, 0.2) is 47.5 Å². The summed E-state index contributed by atoms with van der Waals surface area (Å²) in [6.45, 7) is 0. The highest BCUT2D eigenvalue weighted by atomic mass is 32.1. The van der Waals surface area contributed by atoms with E-state index in [0.717, 1.165) is 22.8 Å². The van der Waals surface area contributed by atoms with Gasteiger partial charge in [0, 0.05) is 10.9 Å². The molecule has 0 spiro atoms. The third-order valence-electron chi connectivity index (χ3n) is 2.79. The van der Waals surface area contributed by atoms with Gasteiger partial charge < -0.3 is 15.4 Å². The van der Waals surface area contributed by atoms with Gasteiger partial charge in [-0.1, -0.05) is 6.07 Å². The Labute approximate surface area is 116 Å². The molecule has 0 amide bonds. The van der Waals surface area contributed by atoms with E-state index in [1.54, 1.807) is 18.4 Å². The minimum Gasteiger partial charge on any atom is -0.497 e. The van der Waals surface area contributed by atoms with E-state index in [1.807, 2.05) is 30.3 Å². The molecule has 0 unspecified atom stereocenters. The highest BCUT2D eigenvalue weighted by molar-refractivity contribution is 7.10. The van der Waals surface area contributed by atoms with E-state index in [9.17, 15) is 0 Å². The Bertz CT molecular complexity index is 630. The van der Waals surface area contributed by atoms with Crippen LogP contribution >= 0.6 is 11.3 Å². The van der Waals surface area contributed by atoms with E-state index in [-0.39, 0.29) is 0 Å². The van der Waals surface area contributed by atoms with Crippen molar-refractivity contribution in [3.8, 4) is 5.75 Å². The monoisotopic (exact) mass is 269 g/mol. The first kappa shape index (κ1) is 11.9. The number of methoxy groups -OCH3 is 1. The Morgan fingerprint density at radius 2 is 2.16 bits per heavy atom. The molecular weight excluding hydrogens is 256 g/mol. The quantitative estimate of drug-likeness (QED) is 0.885. The predicted molar refractivity (Wildman–Crippen MR) is 80.3 cm³/mol. The Hall–Kier alpha value is -2.20. The summed E-state index contributed by atoms with van der Waals surface area (Å²) < 4.78 is 5.19. The van der Waals surface area contributed by atoms with Crippen LogP contribution < -0.4 is 15.4 Å². The van der Waals surface area contributed by atoms with Gasteiger partial charge in [-0.25, -0.2) is 0 Å². The van der Waals surface area contributed by atoms with Crippen LogP contribution in [-0.4, -0.2) is 7.11 Å². The lowest BCUT2D eigenvalue weighted by atomic mass is 10.2. The van der Waals surface area contributed by atoms with E-state index < -0.39 is 0 Å². The molecule has 1 aliphatic heterocycles. The molecule has 0 bridgehead atoms. The highest BCUT2D eigenvalue weighted by Gasteiger charge is 2.09. The number of fused-ring (bicyclic) bond motifs is 1. The van der Waals surface area contributed by atoms with E-state index >= 15 is 0 Å². The second-order valence-corrected chi connectivity index (χ2v) is 5.03. The molecule has 19 heavy (non-hydrogen) atoms. The number of ether oxygens (including phenoxy) is 1. The molecule has 0 fully saturated rings. The van der Waals surface area contributed by atoms with Crippen molar-refractivity contribution in [2.24, 2.45) is 0 Å². The van der Waals surface area contributed by atoms with Crippen molar-refractivity contribution in [2.75, 3.05) is 17.7 Å². The average Bonchev–Trinajstić information content (AvgIpc) is 2.97. The van der Waals surface area contributed by atoms with Gasteiger partial charge in [0.2, 0.25) is 0 Å². The maximum atomic E-state index is 5.19. The van der Waals surface area contributed by atoms with Crippen LogP contribution in [0.4, 0.5) is 11.4 Å². The Morgan fingerprint density at radius 1 is 1.21 bits per heavy atom. The van der Waals surface area contributed by atoms with Gasteiger partial charge in [-0.05, 0) is 35.7 Å². The van der Waals surface area contributed by atoms with Gasteiger partial charge >= 0.3 is 0 Å². The zero-order valence-electron chi connectivity index (χ0n) is 10.4. The summed E-state index contributed by atoms with van der Waals surface area (Å²) >= 11 is 1.71. The molecule has 3 nitrogen and oxygen atoms in total. The van der Waals surface area contributed by atoms with Crippen LogP contribution in [0.2, 0.25) is 0 Å². The summed E-state index contributed by atoms with van der Waals surface area (Å²) in [5.41, 5.74) is 2.89. The first-order valence-electron chi connectivity index (χ1n) is 5.91. The minimum atomic E-state index is 0.826. The number of allylic oxidation sites excluding steroid dienone is 1. The number of thiophene rings is 1. The van der Waals surface area contributed by atoms with Gasteiger partial charge in [0.05, 0.1) is 30.4 Å². The van der Waals surface area contributed by atoms with Gasteiger partial charge in [-0.15, -0.1) is 11.3 Å². The number of anilines is 2. The Kier molecular flexibility index (Phi) is 3.25. The normalized spacial score (nSPS) is 13.4. The number of hydrogen-bond acceptors (Lipinski definition) is 4. The lowest BCUT2D eigenvalue weighted by Crippen LogP contribution is -2.09. The molecule has 0 saturated carbocycles. The van der Waals surface area contributed by atoms with Gasteiger partial charge in [0.1, 0.15) is 5.75 Å². The van der Waals surface area contributed by atoms with Gasteiger partial charge in [0.25, 0.3) is 0 Å². The zero-order chi connectivity index (χ0) is 13.1. The predicted octanol–water partition coefficient (Wildman–Crippen LogP) is 3.95. The van der Waals surface area contributed by atoms with Crippen LogP contribution in [0.5, 0.6) is 5.75 Å². The maximum Gasteiger partial charge on any atom is 0.121 e. The molecule has 2 N–H and O–H groups in total. The molecule has 1 aromatic heterocycles. The minimum absolute atomic E-state index is 0.826. The van der Waals surface area contributed by atoms with Crippen LogP contribution in [0.25, 0.3) is 6.08 Å². The molecule has 0 saturated heterocycles. The molecule has 1 aromatic carbocycles. The highest BCUT2D eigenvalue weighted by Crippen LogP contribution is 2.30. The van der Waals surface area contributed by atoms with Crippen molar-refractivity contribution in [1.82, 2.24) is 0 Å². The summed E-state index contributed by atoms with van der Waals surface area (Å²) in [4.78, 5) is 1.22. The number of benzene rings is 1. The molecule has 0 aliphatic carbocycles. The molecule has 2 heterocycles. The zero-order valence-corrected chi connectivity index (χ0v) is 11.3. The molecule has 2 aromatic rings. The molecule has 0 atom stereocenters. The van der Waals surface area contributed by atoms with E-state index in [1.165, 1.54) is 4.88 Å². The fourth-order valence-corrected chi connectivity index (χ4v) is 2.43. The van der Waals surface area contributed by atoms with E-state index in [4.69, 9.17) is 4.74 Å². The van der Waals surface area contributed by atoms with Crippen LogP contribution in [-0.2, 0) is 0 Å². The molecule has 4 heteroatoms. The van der Waals surface area contributed by atoms with Crippen LogP contribution in [0.3, 0.4) is 0 Å². The van der Waals surface area contributed by atoms with Crippen molar-refractivity contribution >= 4 is 28.8 Å². The number of hydrogen-bond donors (Lipinski definition) is 2. The second kappa shape index (κ2) is 5.20. The van der Waals surface area contributed by atoms with Crippen LogP contribution in [0.1, 0.15) is 4.88 Å². The van der Waals surface area contributed by atoms with Crippen LogP contribution in [0, 0.1) is 6.20 Å². The second-order valence-electron chi connectivity index (χ2n) is 4.05. The number of nitrogens with one attached hydrogen (secondary N) is 2. The average molecular weight is 269 g/mol. The van der Waals surface area contributed by atoms with E-state index in [0.29, 0.717) is 0 Å². The number of rotatable bonds is 3. The van der Waals surface area contributed by atoms with Crippen molar-refractivity contribution in [3.63, 3.8) is 0 Å². The fourth-order valence-electron chi connectivity index (χ4n) is 1.81. The molecule has 3 rings (SSSR count). The van der Waals surface area contributed by atoms with Crippen molar-refractivity contribution in [3.05, 3.63) is 58.6 Å². The maximum absolute atomic E-state index is 5.19. The summed E-state index contributed by atoms with van der Waals surface area (Å²) in [5.74, 6) is 0.826. The standard InChI is InChI=1S/C15H13N2OS/c1-18-12-5-7-14-15(9-12)16-10-11(17-14)4-6-13-3-2-8-19-13/h2-9,16-17H,1H3. The van der Waals surface area contributed by atoms with Crippen molar-refractivity contribution < 1.29 is 4.74 Å². The third kappa shape index (κ3) is 2.63. The first-order valence-corrected chi connectivity index (χ1v) is 6.79. The first-order chi connectivity index (χ1) is 9.35. The molecule has 95 valence electrons. The fraction of sp³-hybridized carbons (Fsp3) is 0.0667. The third-order valence-corrected chi connectivity index (χ3v) is 3.62. The Balaban J connectivity index is 1.76. The topological polar surface area (TPSA) is 33.3 Å². The molecular formula is C15H13N2OS. The smallest absolute Gasteiger partial charge is 0.121 e. The Morgan fingerprint density at radius 3 is 2.95 bits per heavy atom. The largest absolute Gasteiger partial charge is 0.497 e. The summed E-state index contributed by atoms with van der Waals surface area (Å²) in [6, 6.07) is 9.98. The molecule has 1 aliphatic rings. The van der Waals surface area contributed by atoms with E-state index in [2.05, 4.69) is 34.4 Å². The summed E-state index contributed by atoms with van der Waals surface area (Å²) in [5, 5.41) is 8.52. The van der Waals surface area contributed by atoms with Gasteiger partial charge in [-0.2, -0.15) is 0 Å². The lowest BCUT2D eigenvalue weighted by molar-refractivity contribution is 0.415. The summed E-state index contributed by atoms with van der Waals surface area (Å²) in [7, 11) is 1.66. The summed E-state index contributed by atoms with van der Waals surface area (Å²) in [6.07, 6.45) is 7.18. The van der Waals surface area contributed by atoms with Crippen molar-refractivity contribution in [2.45, 2.75) is 0 Å².